The zero-order chi connectivity index (χ0) is 27.5. The summed E-state index contributed by atoms with van der Waals surface area (Å²) in [6, 6.07) is 0. The quantitative estimate of drug-likeness (QED) is 0.102. The molecule has 220 valence electrons. The summed E-state index contributed by atoms with van der Waals surface area (Å²) in [7, 11) is 0. The van der Waals surface area contributed by atoms with E-state index in [0.29, 0.717) is 12.8 Å². The smallest absolute Gasteiger partial charge is 0.311 e. The molecule has 0 aliphatic carbocycles. The largest absolute Gasteiger partial charge is 0.463 e. The summed E-state index contributed by atoms with van der Waals surface area (Å²) < 4.78 is 10.4. The van der Waals surface area contributed by atoms with Crippen LogP contribution >= 0.6 is 0 Å². The Morgan fingerprint density at radius 1 is 0.676 bits per heavy atom. The standard InChI is InChI=1S/C29H56O8/c1-3-5-7-8-9-10-11-12-13-14-15-16-18-20-23(30)22(19-17-6-4-2)28(34)36-21-24-25(31)26(32)27(33)29(35)37-24/h22-27,29-33,35H,3-21H2,1-2H3/t22-,23-,24-,25-,26+,27-,29?/m1/s1. The lowest BCUT2D eigenvalue weighted by Gasteiger charge is -2.38. The molecule has 8 nitrogen and oxygen atoms in total. The number of esters is 1. The number of carbonyl (C=O) groups is 1. The van der Waals surface area contributed by atoms with Gasteiger partial charge in [-0.05, 0) is 12.8 Å². The van der Waals surface area contributed by atoms with Gasteiger partial charge in [-0.3, -0.25) is 4.79 Å². The molecule has 0 aromatic rings. The van der Waals surface area contributed by atoms with Crippen molar-refractivity contribution in [1.82, 2.24) is 0 Å². The van der Waals surface area contributed by atoms with Gasteiger partial charge in [-0.25, -0.2) is 0 Å². The molecule has 1 saturated heterocycles. The monoisotopic (exact) mass is 532 g/mol. The van der Waals surface area contributed by atoms with Gasteiger partial charge in [-0.2, -0.15) is 0 Å². The zero-order valence-electron chi connectivity index (χ0n) is 23.4. The minimum Gasteiger partial charge on any atom is -0.463 e. The predicted octanol–water partition coefficient (Wildman–Crippen LogP) is 4.37. The van der Waals surface area contributed by atoms with Crippen LogP contribution in [0.15, 0.2) is 0 Å². The van der Waals surface area contributed by atoms with Gasteiger partial charge in [-0.15, -0.1) is 0 Å². The number of carbonyl (C=O) groups excluding carboxylic acids is 1. The van der Waals surface area contributed by atoms with E-state index >= 15 is 0 Å². The van der Waals surface area contributed by atoms with Crippen LogP contribution in [0.2, 0.25) is 0 Å². The Balaban J connectivity index is 2.30. The molecule has 0 amide bonds. The van der Waals surface area contributed by atoms with Crippen molar-refractivity contribution in [3.8, 4) is 0 Å². The summed E-state index contributed by atoms with van der Waals surface area (Å²) in [5.41, 5.74) is 0. The molecule has 0 saturated carbocycles. The van der Waals surface area contributed by atoms with Crippen molar-refractivity contribution in [2.45, 2.75) is 166 Å². The summed E-state index contributed by atoms with van der Waals surface area (Å²) >= 11 is 0. The Labute approximate surface area is 224 Å². The van der Waals surface area contributed by atoms with Gasteiger partial charge in [0.15, 0.2) is 6.29 Å². The highest BCUT2D eigenvalue weighted by Crippen LogP contribution is 2.24. The summed E-state index contributed by atoms with van der Waals surface area (Å²) in [5, 5.41) is 49.9. The molecule has 0 radical (unpaired) electrons. The molecule has 0 aromatic heterocycles. The Kier molecular flexibility index (Phi) is 19.5. The van der Waals surface area contributed by atoms with E-state index in [4.69, 9.17) is 9.47 Å². The minimum atomic E-state index is -1.68. The lowest BCUT2D eigenvalue weighted by Crippen LogP contribution is -2.58. The highest BCUT2D eigenvalue weighted by atomic mass is 16.6. The minimum absolute atomic E-state index is 0.378. The fraction of sp³-hybridized carbons (Fsp3) is 0.966. The Hall–Kier alpha value is -0.770. The van der Waals surface area contributed by atoms with Crippen LogP contribution in [0.1, 0.15) is 129 Å². The third kappa shape index (κ3) is 14.3. The molecular formula is C29H56O8. The highest BCUT2D eigenvalue weighted by molar-refractivity contribution is 5.73. The van der Waals surface area contributed by atoms with Gasteiger partial charge in [0, 0.05) is 0 Å². The molecule has 5 N–H and O–H groups in total. The molecular weight excluding hydrogens is 476 g/mol. The zero-order valence-corrected chi connectivity index (χ0v) is 23.4. The van der Waals surface area contributed by atoms with Crippen molar-refractivity contribution >= 4 is 5.97 Å². The van der Waals surface area contributed by atoms with E-state index in [0.717, 1.165) is 38.5 Å². The molecule has 0 bridgehead atoms. The van der Waals surface area contributed by atoms with Gasteiger partial charge in [-0.1, -0.05) is 117 Å². The van der Waals surface area contributed by atoms with Crippen LogP contribution in [0.25, 0.3) is 0 Å². The average molecular weight is 533 g/mol. The summed E-state index contributed by atoms with van der Waals surface area (Å²) in [5.74, 6) is -1.23. The molecule has 1 aliphatic rings. The Morgan fingerprint density at radius 3 is 1.68 bits per heavy atom. The summed E-state index contributed by atoms with van der Waals surface area (Å²) in [6.07, 6.45) is 11.7. The molecule has 0 aromatic carbocycles. The SMILES string of the molecule is CCCCCCCCCCCCCCC[C@@H](O)[C@@H](CCCCC)C(=O)OC[C@H]1OC(O)[C@H](O)[C@@H](O)[C@@H]1O. The molecule has 1 fully saturated rings. The van der Waals surface area contributed by atoms with E-state index in [9.17, 15) is 30.3 Å². The molecule has 7 atom stereocenters. The van der Waals surface area contributed by atoms with Crippen molar-refractivity contribution in [2.75, 3.05) is 6.61 Å². The van der Waals surface area contributed by atoms with Crippen molar-refractivity contribution < 1.29 is 39.8 Å². The van der Waals surface area contributed by atoms with Crippen molar-refractivity contribution in [3.63, 3.8) is 0 Å². The van der Waals surface area contributed by atoms with Gasteiger partial charge < -0.3 is 35.0 Å². The average Bonchev–Trinajstić information content (AvgIpc) is 2.89. The molecule has 1 aliphatic heterocycles. The number of aliphatic hydroxyl groups excluding tert-OH is 5. The van der Waals surface area contributed by atoms with Gasteiger partial charge in [0.25, 0.3) is 0 Å². The first-order chi connectivity index (χ1) is 17.8. The number of ether oxygens (including phenoxy) is 2. The summed E-state index contributed by atoms with van der Waals surface area (Å²) in [6.45, 7) is 3.94. The third-order valence-electron chi connectivity index (χ3n) is 7.57. The maximum Gasteiger partial charge on any atom is 0.311 e. The Bertz CT molecular complexity index is 560. The lowest BCUT2D eigenvalue weighted by molar-refractivity contribution is -0.287. The van der Waals surface area contributed by atoms with E-state index in [-0.39, 0.29) is 6.61 Å². The number of hydrogen-bond acceptors (Lipinski definition) is 8. The molecule has 37 heavy (non-hydrogen) atoms. The fourth-order valence-corrected chi connectivity index (χ4v) is 4.99. The Morgan fingerprint density at radius 2 is 1.14 bits per heavy atom. The van der Waals surface area contributed by atoms with Crippen molar-refractivity contribution in [2.24, 2.45) is 5.92 Å². The number of aliphatic hydroxyl groups is 5. The number of hydrogen-bond donors (Lipinski definition) is 5. The van der Waals surface area contributed by atoms with Crippen LogP contribution in [0, 0.1) is 5.92 Å². The molecule has 0 spiro atoms. The second-order valence-electron chi connectivity index (χ2n) is 10.9. The first-order valence-corrected chi connectivity index (χ1v) is 15.1. The maximum absolute atomic E-state index is 12.8. The van der Waals surface area contributed by atoms with Crippen LogP contribution < -0.4 is 0 Å². The molecule has 8 heteroatoms. The second-order valence-corrected chi connectivity index (χ2v) is 10.9. The van der Waals surface area contributed by atoms with Crippen LogP contribution in [-0.4, -0.2) is 74.9 Å². The van der Waals surface area contributed by atoms with Crippen LogP contribution in [-0.2, 0) is 14.3 Å². The van der Waals surface area contributed by atoms with E-state index in [1.54, 1.807) is 0 Å². The van der Waals surface area contributed by atoms with Gasteiger partial charge >= 0.3 is 5.97 Å². The van der Waals surface area contributed by atoms with Gasteiger partial charge in [0.2, 0.25) is 0 Å². The second kappa shape index (κ2) is 21.1. The summed E-state index contributed by atoms with van der Waals surface area (Å²) in [4.78, 5) is 12.8. The van der Waals surface area contributed by atoms with E-state index in [1.165, 1.54) is 64.2 Å². The predicted molar refractivity (Wildman–Crippen MR) is 144 cm³/mol. The fourth-order valence-electron chi connectivity index (χ4n) is 4.99. The van der Waals surface area contributed by atoms with Crippen molar-refractivity contribution in [3.05, 3.63) is 0 Å². The van der Waals surface area contributed by atoms with Gasteiger partial charge in [0.05, 0.1) is 12.0 Å². The number of unbranched alkanes of at least 4 members (excludes halogenated alkanes) is 14. The molecule has 1 rings (SSSR count). The third-order valence-corrected chi connectivity index (χ3v) is 7.57. The first kappa shape index (κ1) is 34.3. The van der Waals surface area contributed by atoms with Crippen LogP contribution in [0.5, 0.6) is 0 Å². The lowest BCUT2D eigenvalue weighted by atomic mass is 9.91. The van der Waals surface area contributed by atoms with Crippen LogP contribution in [0.3, 0.4) is 0 Å². The molecule has 1 unspecified atom stereocenters. The molecule has 1 heterocycles. The van der Waals surface area contributed by atoms with Gasteiger partial charge in [0.1, 0.15) is 31.0 Å². The normalized spacial score (nSPS) is 25.6. The van der Waals surface area contributed by atoms with Crippen LogP contribution in [0.4, 0.5) is 0 Å². The maximum atomic E-state index is 12.8. The highest BCUT2D eigenvalue weighted by Gasteiger charge is 2.43. The van der Waals surface area contributed by atoms with Crippen molar-refractivity contribution in [1.29, 1.82) is 0 Å². The van der Waals surface area contributed by atoms with E-state index in [1.807, 2.05) is 0 Å². The van der Waals surface area contributed by atoms with E-state index < -0.39 is 48.7 Å². The topological polar surface area (TPSA) is 137 Å². The van der Waals surface area contributed by atoms with E-state index in [2.05, 4.69) is 13.8 Å². The number of rotatable bonds is 22. The first-order valence-electron chi connectivity index (χ1n) is 15.1.